The van der Waals surface area contributed by atoms with Crippen LogP contribution in [0.15, 0.2) is 47.6 Å². The fourth-order valence-corrected chi connectivity index (χ4v) is 3.62. The van der Waals surface area contributed by atoms with E-state index in [-0.39, 0.29) is 4.90 Å². The largest absolute Gasteiger partial charge is 0.345 e. The Morgan fingerprint density at radius 2 is 2.10 bits per heavy atom. The summed E-state index contributed by atoms with van der Waals surface area (Å²) in [6.45, 7) is 1.79. The lowest BCUT2D eigenvalue weighted by atomic mass is 10.2. The molecule has 2 heterocycles. The van der Waals surface area contributed by atoms with Crippen LogP contribution in [-0.4, -0.2) is 18.4 Å². The Labute approximate surface area is 127 Å². The zero-order valence-corrected chi connectivity index (χ0v) is 12.7. The van der Waals surface area contributed by atoms with E-state index in [2.05, 4.69) is 14.7 Å². The molecule has 7 heteroatoms. The number of nitrogens with one attached hydrogen (secondary N) is 2. The number of hydrogen-bond acceptors (Lipinski definition) is 3. The first-order valence-electron chi connectivity index (χ1n) is 6.18. The summed E-state index contributed by atoms with van der Waals surface area (Å²) in [5, 5.41) is 1.11. The molecule has 0 aliphatic carbocycles. The molecular weight excluding hydrogens is 310 g/mol. The fraction of sp³-hybridized carbons (Fsp3) is 0.0714. The van der Waals surface area contributed by atoms with E-state index >= 15 is 0 Å². The minimum Gasteiger partial charge on any atom is -0.345 e. The molecule has 0 fully saturated rings. The molecule has 0 spiro atoms. The van der Waals surface area contributed by atoms with Gasteiger partial charge in [-0.1, -0.05) is 11.6 Å². The quantitative estimate of drug-likeness (QED) is 0.777. The molecular formula is C14H12ClN3O2S. The maximum absolute atomic E-state index is 12.5. The van der Waals surface area contributed by atoms with Gasteiger partial charge in [-0.05, 0) is 42.8 Å². The highest BCUT2D eigenvalue weighted by Gasteiger charge is 2.20. The molecule has 0 saturated heterocycles. The summed E-state index contributed by atoms with van der Waals surface area (Å²) in [5.41, 5.74) is 1.78. The van der Waals surface area contributed by atoms with E-state index < -0.39 is 10.0 Å². The highest BCUT2D eigenvalue weighted by atomic mass is 35.5. The second kappa shape index (κ2) is 5.05. The van der Waals surface area contributed by atoms with Gasteiger partial charge in [0, 0.05) is 22.8 Å². The van der Waals surface area contributed by atoms with Gasteiger partial charge in [0.25, 0.3) is 10.0 Å². The molecule has 0 aliphatic heterocycles. The molecule has 0 atom stereocenters. The number of hydrogen-bond donors (Lipinski definition) is 2. The van der Waals surface area contributed by atoms with E-state index in [0.717, 1.165) is 5.56 Å². The number of H-pyrrole nitrogens is 1. The third-order valence-corrected chi connectivity index (χ3v) is 4.78. The van der Waals surface area contributed by atoms with Crippen LogP contribution in [0.1, 0.15) is 5.56 Å². The molecule has 5 nitrogen and oxygen atoms in total. The monoisotopic (exact) mass is 321 g/mol. The first kappa shape index (κ1) is 13.9. The van der Waals surface area contributed by atoms with Crippen molar-refractivity contribution < 1.29 is 8.42 Å². The van der Waals surface area contributed by atoms with Crippen molar-refractivity contribution in [2.45, 2.75) is 11.8 Å². The second-order valence-electron chi connectivity index (χ2n) is 4.62. The molecule has 0 saturated carbocycles. The Balaban J connectivity index is 2.04. The molecule has 21 heavy (non-hydrogen) atoms. The van der Waals surface area contributed by atoms with Gasteiger partial charge in [0.2, 0.25) is 0 Å². The van der Waals surface area contributed by atoms with Crippen LogP contribution in [0.5, 0.6) is 0 Å². The van der Waals surface area contributed by atoms with E-state index in [1.54, 1.807) is 43.5 Å². The maximum Gasteiger partial charge on any atom is 0.264 e. The summed E-state index contributed by atoms with van der Waals surface area (Å²) in [6, 6.07) is 8.40. The summed E-state index contributed by atoms with van der Waals surface area (Å²) in [7, 11) is -3.70. The van der Waals surface area contributed by atoms with E-state index in [1.165, 1.54) is 6.20 Å². The van der Waals surface area contributed by atoms with Crippen molar-refractivity contribution in [2.24, 2.45) is 0 Å². The van der Waals surface area contributed by atoms with Crippen molar-refractivity contribution in [1.29, 1.82) is 0 Å². The van der Waals surface area contributed by atoms with Gasteiger partial charge in [-0.3, -0.25) is 4.72 Å². The molecule has 0 bridgehead atoms. The van der Waals surface area contributed by atoms with Crippen LogP contribution in [-0.2, 0) is 10.0 Å². The van der Waals surface area contributed by atoms with Gasteiger partial charge in [-0.25, -0.2) is 13.4 Å². The highest BCUT2D eigenvalue weighted by molar-refractivity contribution is 7.93. The van der Waals surface area contributed by atoms with Gasteiger partial charge in [-0.2, -0.15) is 0 Å². The van der Waals surface area contributed by atoms with Gasteiger partial charge >= 0.3 is 0 Å². The Kier molecular flexibility index (Phi) is 3.35. The number of aromatic nitrogens is 2. The third kappa shape index (κ3) is 2.59. The molecule has 1 aromatic carbocycles. The predicted molar refractivity (Wildman–Crippen MR) is 83.1 cm³/mol. The van der Waals surface area contributed by atoms with Crippen molar-refractivity contribution in [2.75, 3.05) is 4.72 Å². The highest BCUT2D eigenvalue weighted by Crippen LogP contribution is 2.26. The zero-order chi connectivity index (χ0) is 15.0. The SMILES string of the molecule is Cc1cc(Cl)ccc1NS(=O)(=O)c1c[nH]c2ncccc12. The molecule has 2 N–H and O–H groups in total. The van der Waals surface area contributed by atoms with Crippen molar-refractivity contribution in [1.82, 2.24) is 9.97 Å². The number of sulfonamides is 1. The van der Waals surface area contributed by atoms with Crippen molar-refractivity contribution >= 4 is 38.3 Å². The van der Waals surface area contributed by atoms with Crippen molar-refractivity contribution in [3.63, 3.8) is 0 Å². The number of fused-ring (bicyclic) bond motifs is 1. The summed E-state index contributed by atoms with van der Waals surface area (Å²) in [6.07, 6.45) is 3.04. The van der Waals surface area contributed by atoms with Crippen LogP contribution in [0.4, 0.5) is 5.69 Å². The lowest BCUT2D eigenvalue weighted by molar-refractivity contribution is 0.602. The molecule has 3 aromatic rings. The lowest BCUT2D eigenvalue weighted by Crippen LogP contribution is -2.13. The minimum atomic E-state index is -3.70. The van der Waals surface area contributed by atoms with E-state index in [4.69, 9.17) is 11.6 Å². The standard InChI is InChI=1S/C14H12ClN3O2S/c1-9-7-10(15)4-5-12(9)18-21(19,20)13-8-17-14-11(13)3-2-6-16-14/h2-8,18H,1H3,(H,16,17). The number of nitrogens with zero attached hydrogens (tertiary/aromatic N) is 1. The van der Waals surface area contributed by atoms with Gasteiger partial charge < -0.3 is 4.98 Å². The first-order valence-corrected chi connectivity index (χ1v) is 8.04. The Bertz CT molecular complexity index is 919. The van der Waals surface area contributed by atoms with Gasteiger partial charge in [-0.15, -0.1) is 0 Å². The Morgan fingerprint density at radius 3 is 2.86 bits per heavy atom. The Morgan fingerprint density at radius 1 is 1.29 bits per heavy atom. The zero-order valence-electron chi connectivity index (χ0n) is 11.1. The number of rotatable bonds is 3. The number of aromatic amines is 1. The number of pyridine rings is 1. The van der Waals surface area contributed by atoms with Gasteiger partial charge in [0.15, 0.2) is 0 Å². The average molecular weight is 322 g/mol. The number of halogens is 1. The van der Waals surface area contributed by atoms with E-state index in [9.17, 15) is 8.42 Å². The lowest BCUT2D eigenvalue weighted by Gasteiger charge is -2.10. The molecule has 3 rings (SSSR count). The number of benzene rings is 1. The second-order valence-corrected chi connectivity index (χ2v) is 6.70. The summed E-state index contributed by atoms with van der Waals surface area (Å²) >= 11 is 5.88. The molecule has 2 aromatic heterocycles. The smallest absolute Gasteiger partial charge is 0.264 e. The van der Waals surface area contributed by atoms with E-state index in [1.807, 2.05) is 0 Å². The first-order chi connectivity index (χ1) is 9.97. The van der Waals surface area contributed by atoms with Gasteiger partial charge in [0.1, 0.15) is 10.5 Å². The minimum absolute atomic E-state index is 0.167. The van der Waals surface area contributed by atoms with Crippen LogP contribution in [0.3, 0.4) is 0 Å². The van der Waals surface area contributed by atoms with Crippen LogP contribution >= 0.6 is 11.6 Å². The third-order valence-electron chi connectivity index (χ3n) is 3.14. The number of anilines is 1. The molecule has 0 amide bonds. The van der Waals surface area contributed by atoms with Crippen LogP contribution in [0.25, 0.3) is 11.0 Å². The molecule has 108 valence electrons. The average Bonchev–Trinajstić information content (AvgIpc) is 2.86. The summed E-state index contributed by atoms with van der Waals surface area (Å²) < 4.78 is 27.6. The number of aryl methyl sites for hydroxylation is 1. The predicted octanol–water partition coefficient (Wildman–Crippen LogP) is 3.33. The Hall–Kier alpha value is -2.05. The normalized spacial score (nSPS) is 11.7. The van der Waals surface area contributed by atoms with Crippen LogP contribution < -0.4 is 4.72 Å². The van der Waals surface area contributed by atoms with Gasteiger partial charge in [0.05, 0.1) is 5.69 Å². The molecule has 0 unspecified atom stereocenters. The van der Waals surface area contributed by atoms with Crippen molar-refractivity contribution in [3.8, 4) is 0 Å². The fourth-order valence-electron chi connectivity index (χ4n) is 2.09. The molecule has 0 radical (unpaired) electrons. The van der Waals surface area contributed by atoms with Crippen LogP contribution in [0, 0.1) is 6.92 Å². The summed E-state index contributed by atoms with van der Waals surface area (Å²) in [4.78, 5) is 7.11. The van der Waals surface area contributed by atoms with Crippen molar-refractivity contribution in [3.05, 3.63) is 53.3 Å². The van der Waals surface area contributed by atoms with E-state index in [0.29, 0.717) is 21.7 Å². The topological polar surface area (TPSA) is 74.8 Å². The molecule has 0 aliphatic rings. The maximum atomic E-state index is 12.5. The van der Waals surface area contributed by atoms with Crippen LogP contribution in [0.2, 0.25) is 5.02 Å². The summed E-state index contributed by atoms with van der Waals surface area (Å²) in [5.74, 6) is 0.